The normalized spacial score (nSPS) is 16.9. The van der Waals surface area contributed by atoms with E-state index in [1.54, 1.807) is 18.2 Å². The lowest BCUT2D eigenvalue weighted by atomic mass is 10.0. The molecule has 2 aliphatic rings. The highest BCUT2D eigenvalue weighted by Crippen LogP contribution is 2.38. The molecule has 1 atom stereocenters. The Labute approximate surface area is 229 Å². The molecule has 40 heavy (non-hydrogen) atoms. The summed E-state index contributed by atoms with van der Waals surface area (Å²) in [7, 11) is 3.03. The van der Waals surface area contributed by atoms with Crippen molar-refractivity contribution >= 4 is 5.69 Å². The first kappa shape index (κ1) is 28.0. The third-order valence-corrected chi connectivity index (χ3v) is 7.46. The molecule has 1 fully saturated rings. The summed E-state index contributed by atoms with van der Waals surface area (Å²) in [5, 5.41) is 13.6. The van der Waals surface area contributed by atoms with Crippen molar-refractivity contribution in [2.75, 3.05) is 45.4 Å². The van der Waals surface area contributed by atoms with Gasteiger partial charge in [-0.1, -0.05) is 0 Å². The van der Waals surface area contributed by atoms with Gasteiger partial charge in [-0.2, -0.15) is 23.0 Å². The number of fused-ring (bicyclic) bond motifs is 1. The third kappa shape index (κ3) is 5.53. The average molecular weight is 560 g/mol. The zero-order valence-corrected chi connectivity index (χ0v) is 22.5. The van der Waals surface area contributed by atoms with E-state index < -0.39 is 17.3 Å². The molecule has 1 aliphatic heterocycles. The number of hydrogen-bond acceptors (Lipinski definition) is 7. The third-order valence-electron chi connectivity index (χ3n) is 7.46. The number of nitrogens with zero attached hydrogens (tertiary/aromatic N) is 3. The van der Waals surface area contributed by atoms with E-state index in [0.29, 0.717) is 85.8 Å². The zero-order valence-electron chi connectivity index (χ0n) is 22.5. The van der Waals surface area contributed by atoms with E-state index in [-0.39, 0.29) is 18.4 Å². The number of rotatable bonds is 9. The molecule has 0 spiro atoms. The van der Waals surface area contributed by atoms with Crippen LogP contribution < -0.4 is 19.9 Å². The Hall–Kier alpha value is -3.57. The van der Waals surface area contributed by atoms with Gasteiger partial charge in [0.05, 0.1) is 37.3 Å². The Balaban J connectivity index is 1.63. The molecule has 1 aliphatic carbocycles. The summed E-state index contributed by atoms with van der Waals surface area (Å²) in [6, 6.07) is 9.00. The molecular formula is C29H32F3N3O5. The lowest BCUT2D eigenvalue weighted by Crippen LogP contribution is -2.29. The van der Waals surface area contributed by atoms with Gasteiger partial charge in [0.2, 0.25) is 0 Å². The van der Waals surface area contributed by atoms with Gasteiger partial charge in [-0.15, -0.1) is 0 Å². The molecule has 1 aromatic heterocycles. The highest BCUT2D eigenvalue weighted by molar-refractivity contribution is 5.69. The van der Waals surface area contributed by atoms with E-state index in [1.165, 1.54) is 26.4 Å². The summed E-state index contributed by atoms with van der Waals surface area (Å²) in [4.78, 5) is 15.6. The van der Waals surface area contributed by atoms with Crippen molar-refractivity contribution in [3.8, 4) is 28.4 Å². The maximum atomic E-state index is 14.3. The van der Waals surface area contributed by atoms with Crippen molar-refractivity contribution in [3.05, 3.63) is 63.4 Å². The number of anilines is 1. The highest BCUT2D eigenvalue weighted by Gasteiger charge is 2.36. The molecule has 0 saturated carbocycles. The fraction of sp³-hybridized carbons (Fsp3) is 0.448. The number of hydrogen-bond donors (Lipinski definition) is 1. The van der Waals surface area contributed by atoms with E-state index in [1.807, 2.05) is 4.90 Å². The summed E-state index contributed by atoms with van der Waals surface area (Å²) in [5.41, 5.74) is 0.998. The summed E-state index contributed by atoms with van der Waals surface area (Å²) in [6.07, 6.45) is -1.78. The Kier molecular flexibility index (Phi) is 8.04. The van der Waals surface area contributed by atoms with Crippen LogP contribution in [-0.2, 0) is 23.8 Å². The number of benzene rings is 2. The quantitative estimate of drug-likeness (QED) is 0.389. The molecule has 2 aromatic carbocycles. The van der Waals surface area contributed by atoms with Crippen LogP contribution in [0.3, 0.4) is 0 Å². The summed E-state index contributed by atoms with van der Waals surface area (Å²) >= 11 is 0. The SMILES string of the molecule is COc1cc(OC)cc(-c2nn(-c3cc(N4CCC(OCCCO)C4)ccc3C(F)(F)F)c(=O)c3c2CCC3)c1. The number of alkyl halides is 3. The summed E-state index contributed by atoms with van der Waals surface area (Å²) < 4.78 is 60.3. The molecule has 214 valence electrons. The molecule has 0 bridgehead atoms. The largest absolute Gasteiger partial charge is 0.497 e. The highest BCUT2D eigenvalue weighted by atomic mass is 19.4. The molecular weight excluding hydrogens is 527 g/mol. The predicted octanol–water partition coefficient (Wildman–Crippen LogP) is 4.40. The molecule has 5 rings (SSSR count). The van der Waals surface area contributed by atoms with Crippen molar-refractivity contribution < 1.29 is 32.5 Å². The van der Waals surface area contributed by atoms with Gasteiger partial charge in [0.15, 0.2) is 0 Å². The van der Waals surface area contributed by atoms with E-state index in [2.05, 4.69) is 5.10 Å². The summed E-state index contributed by atoms with van der Waals surface area (Å²) in [6.45, 7) is 1.54. The lowest BCUT2D eigenvalue weighted by Gasteiger charge is -2.22. The molecule has 1 unspecified atom stereocenters. The Morgan fingerprint density at radius 1 is 1.05 bits per heavy atom. The molecule has 8 nitrogen and oxygen atoms in total. The monoisotopic (exact) mass is 559 g/mol. The molecule has 2 heterocycles. The first-order chi connectivity index (χ1) is 19.2. The van der Waals surface area contributed by atoms with Crippen molar-refractivity contribution in [2.24, 2.45) is 0 Å². The maximum absolute atomic E-state index is 14.3. The maximum Gasteiger partial charge on any atom is 0.418 e. The minimum atomic E-state index is -4.70. The Bertz CT molecular complexity index is 1420. The lowest BCUT2D eigenvalue weighted by molar-refractivity contribution is -0.137. The van der Waals surface area contributed by atoms with Crippen LogP contribution in [0.15, 0.2) is 41.2 Å². The van der Waals surface area contributed by atoms with Crippen LogP contribution >= 0.6 is 0 Å². The second-order valence-corrected chi connectivity index (χ2v) is 9.98. The number of aliphatic hydroxyl groups is 1. The van der Waals surface area contributed by atoms with Crippen molar-refractivity contribution in [2.45, 2.75) is 44.4 Å². The fourth-order valence-corrected chi connectivity index (χ4v) is 5.46. The minimum absolute atomic E-state index is 0.0335. The van der Waals surface area contributed by atoms with Crippen LogP contribution in [0, 0.1) is 0 Å². The van der Waals surface area contributed by atoms with Gasteiger partial charge in [0, 0.05) is 49.2 Å². The van der Waals surface area contributed by atoms with Gasteiger partial charge < -0.3 is 24.2 Å². The van der Waals surface area contributed by atoms with Crippen molar-refractivity contribution in [3.63, 3.8) is 0 Å². The van der Waals surface area contributed by atoms with E-state index in [0.717, 1.165) is 16.3 Å². The molecule has 1 saturated heterocycles. The van der Waals surface area contributed by atoms with Gasteiger partial charge in [-0.05, 0) is 68.0 Å². The van der Waals surface area contributed by atoms with Crippen LogP contribution in [0.25, 0.3) is 16.9 Å². The van der Waals surface area contributed by atoms with E-state index >= 15 is 0 Å². The molecule has 0 amide bonds. The van der Waals surface area contributed by atoms with E-state index in [4.69, 9.17) is 19.3 Å². The Morgan fingerprint density at radius 2 is 1.77 bits per heavy atom. The number of ether oxygens (including phenoxy) is 3. The van der Waals surface area contributed by atoms with Crippen LogP contribution in [0.2, 0.25) is 0 Å². The predicted molar refractivity (Wildman–Crippen MR) is 144 cm³/mol. The van der Waals surface area contributed by atoms with Crippen LogP contribution in [-0.4, -0.2) is 61.5 Å². The second-order valence-electron chi connectivity index (χ2n) is 9.98. The minimum Gasteiger partial charge on any atom is -0.497 e. The first-order valence-corrected chi connectivity index (χ1v) is 13.3. The fourth-order valence-electron chi connectivity index (χ4n) is 5.46. The Morgan fingerprint density at radius 3 is 2.45 bits per heavy atom. The number of methoxy groups -OCH3 is 2. The standard InChI is InChI=1S/C29H32F3N3O5/c1-38-21-13-18(14-22(16-21)39-2)27-23-5-3-6-24(23)28(37)35(33-27)26-15-19(7-8-25(26)29(30,31)32)34-10-9-20(17-34)40-12-4-11-36/h7-8,13-16,20,36H,3-6,9-12,17H2,1-2H3. The molecule has 11 heteroatoms. The van der Waals surface area contributed by atoms with Crippen LogP contribution in [0.4, 0.5) is 18.9 Å². The van der Waals surface area contributed by atoms with Crippen molar-refractivity contribution in [1.29, 1.82) is 0 Å². The zero-order chi connectivity index (χ0) is 28.4. The van der Waals surface area contributed by atoms with Gasteiger partial charge in [0.1, 0.15) is 11.5 Å². The van der Waals surface area contributed by atoms with Crippen LogP contribution in [0.1, 0.15) is 36.0 Å². The van der Waals surface area contributed by atoms with Gasteiger partial charge in [-0.25, -0.2) is 0 Å². The van der Waals surface area contributed by atoms with Crippen LogP contribution in [0.5, 0.6) is 11.5 Å². The second kappa shape index (κ2) is 11.5. The first-order valence-electron chi connectivity index (χ1n) is 13.3. The number of halogens is 3. The smallest absolute Gasteiger partial charge is 0.418 e. The summed E-state index contributed by atoms with van der Waals surface area (Å²) in [5.74, 6) is 1.01. The van der Waals surface area contributed by atoms with Gasteiger partial charge in [0.25, 0.3) is 5.56 Å². The molecule has 3 aromatic rings. The number of aliphatic hydroxyl groups excluding tert-OH is 1. The van der Waals surface area contributed by atoms with E-state index in [9.17, 15) is 18.0 Å². The van der Waals surface area contributed by atoms with Crippen molar-refractivity contribution in [1.82, 2.24) is 9.78 Å². The van der Waals surface area contributed by atoms with Gasteiger partial charge >= 0.3 is 6.18 Å². The number of aromatic nitrogens is 2. The molecule has 1 N–H and O–H groups in total. The van der Waals surface area contributed by atoms with Gasteiger partial charge in [-0.3, -0.25) is 4.79 Å². The molecule has 0 radical (unpaired) electrons. The topological polar surface area (TPSA) is 86.1 Å². The average Bonchev–Trinajstić information content (AvgIpc) is 3.63.